The second-order valence-corrected chi connectivity index (χ2v) is 5.69. The second-order valence-electron chi connectivity index (χ2n) is 5.69. The zero-order valence-electron chi connectivity index (χ0n) is 12.5. The summed E-state index contributed by atoms with van der Waals surface area (Å²) in [6.45, 7) is 6.71. The maximum atomic E-state index is 5.95. The van der Waals surface area contributed by atoms with Gasteiger partial charge >= 0.3 is 0 Å². The third-order valence-electron chi connectivity index (χ3n) is 3.77. The summed E-state index contributed by atoms with van der Waals surface area (Å²) in [6, 6.07) is 3.26. The number of aryl methyl sites for hydroxylation is 1. The molecule has 0 spiro atoms. The summed E-state index contributed by atoms with van der Waals surface area (Å²) in [5, 5.41) is 3.50. The number of methoxy groups -OCH3 is 1. The molecule has 4 nitrogen and oxygen atoms in total. The Bertz CT molecular complexity index is 399. The zero-order valence-corrected chi connectivity index (χ0v) is 12.5. The summed E-state index contributed by atoms with van der Waals surface area (Å²) in [6.07, 6.45) is 2.62. The maximum Gasteiger partial charge on any atom is 0.120 e. The van der Waals surface area contributed by atoms with Gasteiger partial charge in [0.15, 0.2) is 0 Å². The van der Waals surface area contributed by atoms with Crippen molar-refractivity contribution in [1.82, 2.24) is 10.2 Å². The van der Waals surface area contributed by atoms with Crippen LogP contribution in [0.1, 0.15) is 36.8 Å². The molecule has 4 heteroatoms. The molecule has 1 saturated carbocycles. The Labute approximate surface area is 116 Å². The molecule has 0 bridgehead atoms. The van der Waals surface area contributed by atoms with Crippen LogP contribution >= 0.6 is 0 Å². The summed E-state index contributed by atoms with van der Waals surface area (Å²) in [5.41, 5.74) is 1.25. The van der Waals surface area contributed by atoms with Crippen LogP contribution in [-0.2, 0) is 17.8 Å². The number of hydrogen-bond acceptors (Lipinski definition) is 4. The number of ether oxygens (including phenoxy) is 1. The molecule has 0 aliphatic heterocycles. The summed E-state index contributed by atoms with van der Waals surface area (Å²) < 4.78 is 11.1. The third kappa shape index (κ3) is 4.34. The number of furan rings is 1. The van der Waals surface area contributed by atoms with E-state index in [1.54, 1.807) is 7.11 Å². The lowest BCUT2D eigenvalue weighted by Gasteiger charge is -2.22. The molecule has 1 heterocycles. The van der Waals surface area contributed by atoms with E-state index in [2.05, 4.69) is 37.2 Å². The Morgan fingerprint density at radius 3 is 2.89 bits per heavy atom. The van der Waals surface area contributed by atoms with E-state index in [4.69, 9.17) is 9.15 Å². The lowest BCUT2D eigenvalue weighted by molar-refractivity contribution is 0.107. The molecule has 1 unspecified atom stereocenters. The SMILES string of the molecule is COCC(C)N(C)Cc1cc(C)c(CNC2CC2)o1. The van der Waals surface area contributed by atoms with Gasteiger partial charge in [-0.15, -0.1) is 0 Å². The van der Waals surface area contributed by atoms with Crippen molar-refractivity contribution in [3.63, 3.8) is 0 Å². The van der Waals surface area contributed by atoms with E-state index < -0.39 is 0 Å². The van der Waals surface area contributed by atoms with Crippen molar-refractivity contribution < 1.29 is 9.15 Å². The fourth-order valence-corrected chi connectivity index (χ4v) is 2.14. The minimum atomic E-state index is 0.392. The molecule has 0 aromatic carbocycles. The smallest absolute Gasteiger partial charge is 0.120 e. The highest BCUT2D eigenvalue weighted by molar-refractivity contribution is 5.20. The van der Waals surface area contributed by atoms with Gasteiger partial charge in [-0.1, -0.05) is 0 Å². The average molecular weight is 266 g/mol. The fourth-order valence-electron chi connectivity index (χ4n) is 2.14. The first-order valence-electron chi connectivity index (χ1n) is 7.11. The monoisotopic (exact) mass is 266 g/mol. The van der Waals surface area contributed by atoms with Gasteiger partial charge in [-0.3, -0.25) is 4.90 Å². The van der Waals surface area contributed by atoms with Crippen molar-refractivity contribution >= 4 is 0 Å². The van der Waals surface area contributed by atoms with Crippen molar-refractivity contribution in [2.24, 2.45) is 0 Å². The van der Waals surface area contributed by atoms with Gasteiger partial charge < -0.3 is 14.5 Å². The number of hydrogen-bond donors (Lipinski definition) is 1. The van der Waals surface area contributed by atoms with Crippen LogP contribution in [0.4, 0.5) is 0 Å². The molecule has 1 aliphatic rings. The molecule has 1 atom stereocenters. The zero-order chi connectivity index (χ0) is 13.8. The van der Waals surface area contributed by atoms with Gasteiger partial charge in [0.05, 0.1) is 19.7 Å². The maximum absolute atomic E-state index is 5.95. The topological polar surface area (TPSA) is 37.6 Å². The molecule has 0 amide bonds. The quantitative estimate of drug-likeness (QED) is 0.783. The van der Waals surface area contributed by atoms with Crippen LogP contribution in [0.25, 0.3) is 0 Å². The Hall–Kier alpha value is -0.840. The number of nitrogens with zero attached hydrogens (tertiary/aromatic N) is 1. The molecular weight excluding hydrogens is 240 g/mol. The highest BCUT2D eigenvalue weighted by atomic mass is 16.5. The minimum Gasteiger partial charge on any atom is -0.463 e. The molecule has 0 radical (unpaired) electrons. The first-order valence-corrected chi connectivity index (χ1v) is 7.11. The summed E-state index contributed by atoms with van der Waals surface area (Å²) in [5.74, 6) is 2.12. The van der Waals surface area contributed by atoms with Crippen LogP contribution in [-0.4, -0.2) is 37.7 Å². The summed E-state index contributed by atoms with van der Waals surface area (Å²) in [4.78, 5) is 2.25. The largest absolute Gasteiger partial charge is 0.463 e. The molecule has 19 heavy (non-hydrogen) atoms. The Morgan fingerprint density at radius 2 is 2.26 bits per heavy atom. The number of likely N-dealkylation sites (N-methyl/N-ethyl adjacent to an activating group) is 1. The molecule has 2 rings (SSSR count). The van der Waals surface area contributed by atoms with Gasteiger partial charge in [-0.25, -0.2) is 0 Å². The van der Waals surface area contributed by atoms with Gasteiger partial charge in [-0.05, 0) is 45.4 Å². The second kappa shape index (κ2) is 6.55. The standard InChI is InChI=1S/C15H26N2O2/c1-11-7-14(9-17(3)12(2)10-18-4)19-15(11)8-16-13-5-6-13/h7,12-13,16H,5-6,8-10H2,1-4H3. The fraction of sp³-hybridized carbons (Fsp3) is 0.733. The van der Waals surface area contributed by atoms with Crippen LogP contribution in [0.15, 0.2) is 10.5 Å². The summed E-state index contributed by atoms with van der Waals surface area (Å²) in [7, 11) is 3.84. The molecular formula is C15H26N2O2. The van der Waals surface area contributed by atoms with E-state index in [-0.39, 0.29) is 0 Å². The molecule has 1 N–H and O–H groups in total. The van der Waals surface area contributed by atoms with Gasteiger partial charge in [0, 0.05) is 19.2 Å². The number of nitrogens with one attached hydrogen (secondary N) is 1. The van der Waals surface area contributed by atoms with Crippen LogP contribution in [0.5, 0.6) is 0 Å². The molecule has 0 saturated heterocycles. The van der Waals surface area contributed by atoms with Crippen LogP contribution < -0.4 is 5.32 Å². The Balaban J connectivity index is 1.87. The van der Waals surface area contributed by atoms with E-state index in [1.807, 2.05) is 0 Å². The van der Waals surface area contributed by atoms with E-state index >= 15 is 0 Å². The van der Waals surface area contributed by atoms with E-state index in [0.29, 0.717) is 6.04 Å². The van der Waals surface area contributed by atoms with E-state index in [9.17, 15) is 0 Å². The predicted octanol–water partition coefficient (Wildman–Crippen LogP) is 2.31. The van der Waals surface area contributed by atoms with E-state index in [0.717, 1.165) is 37.3 Å². The third-order valence-corrected chi connectivity index (χ3v) is 3.77. The van der Waals surface area contributed by atoms with E-state index in [1.165, 1.54) is 18.4 Å². The summed E-state index contributed by atoms with van der Waals surface area (Å²) >= 11 is 0. The molecule has 108 valence electrons. The van der Waals surface area contributed by atoms with Crippen molar-refractivity contribution in [3.05, 3.63) is 23.2 Å². The lowest BCUT2D eigenvalue weighted by Crippen LogP contribution is -2.32. The van der Waals surface area contributed by atoms with Gasteiger partial charge in [0.2, 0.25) is 0 Å². The van der Waals surface area contributed by atoms with Gasteiger partial charge in [0.1, 0.15) is 11.5 Å². The van der Waals surface area contributed by atoms with Gasteiger partial charge in [-0.2, -0.15) is 0 Å². The molecule has 1 fully saturated rings. The van der Waals surface area contributed by atoms with Crippen LogP contribution in [0, 0.1) is 6.92 Å². The van der Waals surface area contributed by atoms with Crippen molar-refractivity contribution in [3.8, 4) is 0 Å². The van der Waals surface area contributed by atoms with Crippen molar-refractivity contribution in [2.45, 2.75) is 51.9 Å². The lowest BCUT2D eigenvalue weighted by atomic mass is 10.2. The molecule has 1 aromatic rings. The average Bonchev–Trinajstić information content (AvgIpc) is 3.12. The number of rotatable bonds is 8. The molecule has 1 aliphatic carbocycles. The van der Waals surface area contributed by atoms with Crippen molar-refractivity contribution in [2.75, 3.05) is 20.8 Å². The highest BCUT2D eigenvalue weighted by Crippen LogP contribution is 2.21. The van der Waals surface area contributed by atoms with Crippen LogP contribution in [0.2, 0.25) is 0 Å². The molecule has 1 aromatic heterocycles. The predicted molar refractivity (Wildman–Crippen MR) is 76.1 cm³/mol. The highest BCUT2D eigenvalue weighted by Gasteiger charge is 2.21. The Kier molecular flexibility index (Phi) is 5.02. The first kappa shape index (κ1) is 14.6. The normalized spacial score (nSPS) is 17.1. The van der Waals surface area contributed by atoms with Crippen molar-refractivity contribution in [1.29, 1.82) is 0 Å². The minimum absolute atomic E-state index is 0.392. The first-order chi connectivity index (χ1) is 9.10. The van der Waals surface area contributed by atoms with Crippen LogP contribution in [0.3, 0.4) is 0 Å². The van der Waals surface area contributed by atoms with Gasteiger partial charge in [0.25, 0.3) is 0 Å². The Morgan fingerprint density at radius 1 is 1.53 bits per heavy atom.